The summed E-state index contributed by atoms with van der Waals surface area (Å²) in [5.41, 5.74) is 4.53. The number of nitrogens with two attached hydrogens (primary N) is 1. The fraction of sp³-hybridized carbons (Fsp3) is 0.400. The molecule has 1 aliphatic rings. The number of rotatable bonds is 6. The highest BCUT2D eigenvalue weighted by molar-refractivity contribution is 7.21. The van der Waals surface area contributed by atoms with Gasteiger partial charge in [0.15, 0.2) is 5.69 Å². The fourth-order valence-corrected chi connectivity index (χ4v) is 4.65. The number of carbonyl (C=O) groups is 2. The van der Waals surface area contributed by atoms with Gasteiger partial charge in [0.2, 0.25) is 5.91 Å². The lowest BCUT2D eigenvalue weighted by Gasteiger charge is -2.16. The van der Waals surface area contributed by atoms with Gasteiger partial charge in [-0.3, -0.25) is 14.3 Å². The Morgan fingerprint density at radius 1 is 1.27 bits per heavy atom. The summed E-state index contributed by atoms with van der Waals surface area (Å²) < 4.78 is 66.6. The molecule has 33 heavy (non-hydrogen) atoms. The molecule has 1 atom stereocenters. The summed E-state index contributed by atoms with van der Waals surface area (Å²) in [4.78, 5) is 29.0. The number of nitrogens with zero attached hydrogens (tertiary/aromatic N) is 3. The molecule has 2 amide bonds. The minimum absolute atomic E-state index is 0.0235. The number of aryl methyl sites for hydroxylation is 1. The summed E-state index contributed by atoms with van der Waals surface area (Å²) in [5, 5.41) is 6.39. The van der Waals surface area contributed by atoms with Gasteiger partial charge in [-0.2, -0.15) is 18.3 Å². The second kappa shape index (κ2) is 8.04. The molecule has 4 rings (SSSR count). The summed E-state index contributed by atoms with van der Waals surface area (Å²) in [5.74, 6) is -1.67. The quantitative estimate of drug-likeness (QED) is 0.481. The van der Waals surface area contributed by atoms with Crippen molar-refractivity contribution in [3.8, 4) is 0 Å². The van der Waals surface area contributed by atoms with Gasteiger partial charge in [-0.05, 0) is 50.3 Å². The highest BCUT2D eigenvalue weighted by atomic mass is 32.1. The lowest BCUT2D eigenvalue weighted by molar-refractivity contribution is -0.141. The predicted molar refractivity (Wildman–Crippen MR) is 110 cm³/mol. The van der Waals surface area contributed by atoms with Gasteiger partial charge in [0.1, 0.15) is 21.4 Å². The van der Waals surface area contributed by atoms with Crippen molar-refractivity contribution in [3.63, 3.8) is 0 Å². The predicted octanol–water partition coefficient (Wildman–Crippen LogP) is 4.93. The van der Waals surface area contributed by atoms with Gasteiger partial charge in [0, 0.05) is 11.1 Å². The van der Waals surface area contributed by atoms with Crippen LogP contribution in [0.5, 0.6) is 0 Å². The summed E-state index contributed by atoms with van der Waals surface area (Å²) in [7, 11) is 0. The average Bonchev–Trinajstić information content (AvgIpc) is 3.39. The van der Waals surface area contributed by atoms with E-state index in [1.165, 1.54) is 19.9 Å². The molecular formula is C20H18F5N5O2S. The van der Waals surface area contributed by atoms with Gasteiger partial charge < -0.3 is 11.1 Å². The Morgan fingerprint density at radius 2 is 1.94 bits per heavy atom. The first-order chi connectivity index (χ1) is 15.4. The third-order valence-corrected chi connectivity index (χ3v) is 6.48. The third kappa shape index (κ3) is 4.28. The number of primary amides is 1. The molecule has 0 aromatic carbocycles. The number of fused-ring (bicyclic) bond motifs is 1. The summed E-state index contributed by atoms with van der Waals surface area (Å²) in [6, 6.07) is 0.906. The van der Waals surface area contributed by atoms with Crippen LogP contribution in [-0.2, 0) is 11.0 Å². The third-order valence-electron chi connectivity index (χ3n) is 5.38. The minimum Gasteiger partial charge on any atom is -0.365 e. The van der Waals surface area contributed by atoms with E-state index in [0.29, 0.717) is 10.9 Å². The highest BCUT2D eigenvalue weighted by Crippen LogP contribution is 2.48. The van der Waals surface area contributed by atoms with Crippen molar-refractivity contribution in [3.05, 3.63) is 39.7 Å². The van der Waals surface area contributed by atoms with Gasteiger partial charge in [0.05, 0.1) is 5.69 Å². The molecule has 3 N–H and O–H groups in total. The van der Waals surface area contributed by atoms with Crippen molar-refractivity contribution in [2.24, 2.45) is 5.73 Å². The molecule has 0 saturated heterocycles. The molecular weight excluding hydrogens is 469 g/mol. The molecule has 1 saturated carbocycles. The summed E-state index contributed by atoms with van der Waals surface area (Å²) in [6.07, 6.45) is -6.00. The number of thiophene rings is 1. The number of anilines is 1. The van der Waals surface area contributed by atoms with E-state index in [-0.39, 0.29) is 27.0 Å². The van der Waals surface area contributed by atoms with Crippen molar-refractivity contribution in [2.45, 2.75) is 51.3 Å². The number of alkyl halides is 5. The first-order valence-electron chi connectivity index (χ1n) is 9.88. The number of carbonyl (C=O) groups excluding carboxylic acids is 2. The normalized spacial score (nSPS) is 15.3. The van der Waals surface area contributed by atoms with Crippen LogP contribution in [0.4, 0.5) is 27.6 Å². The van der Waals surface area contributed by atoms with E-state index in [0.717, 1.165) is 34.9 Å². The van der Waals surface area contributed by atoms with Gasteiger partial charge >= 0.3 is 6.18 Å². The van der Waals surface area contributed by atoms with Crippen LogP contribution in [-0.4, -0.2) is 26.6 Å². The SMILES string of the molecule is Cc1cc(C(F)(F)F)nn1C(C)C(=O)Nc1c(C(N)=O)sc2nc(C(F)F)cc(C3CC3)c12. The summed E-state index contributed by atoms with van der Waals surface area (Å²) in [6.45, 7) is 2.73. The number of pyridine rings is 1. The molecule has 3 heterocycles. The molecule has 3 aromatic heterocycles. The molecule has 3 aromatic rings. The Labute approximate surface area is 187 Å². The molecule has 13 heteroatoms. The fourth-order valence-electron chi connectivity index (χ4n) is 3.62. The van der Waals surface area contributed by atoms with Gasteiger partial charge in [-0.25, -0.2) is 13.8 Å². The van der Waals surface area contributed by atoms with E-state index in [1.807, 2.05) is 0 Å². The zero-order valence-electron chi connectivity index (χ0n) is 17.3. The second-order valence-electron chi connectivity index (χ2n) is 7.84. The number of aromatic nitrogens is 3. The van der Waals surface area contributed by atoms with E-state index in [9.17, 15) is 31.5 Å². The molecule has 1 unspecified atom stereocenters. The van der Waals surface area contributed by atoms with Crippen LogP contribution in [0.25, 0.3) is 10.2 Å². The van der Waals surface area contributed by atoms with E-state index in [1.54, 1.807) is 0 Å². The number of hydrogen-bond donors (Lipinski definition) is 2. The number of hydrogen-bond acceptors (Lipinski definition) is 5. The van der Waals surface area contributed by atoms with Crippen LogP contribution in [0.2, 0.25) is 0 Å². The maximum Gasteiger partial charge on any atom is 0.435 e. The van der Waals surface area contributed by atoms with Crippen molar-refractivity contribution < 1.29 is 31.5 Å². The zero-order valence-corrected chi connectivity index (χ0v) is 18.2. The molecule has 176 valence electrons. The van der Waals surface area contributed by atoms with E-state index in [2.05, 4.69) is 15.4 Å². The molecule has 0 bridgehead atoms. The van der Waals surface area contributed by atoms with Crippen LogP contribution >= 0.6 is 11.3 Å². The Hall–Kier alpha value is -3.09. The van der Waals surface area contributed by atoms with Gasteiger partial charge in [-0.1, -0.05) is 0 Å². The maximum absolute atomic E-state index is 13.3. The molecule has 1 aliphatic carbocycles. The monoisotopic (exact) mass is 487 g/mol. The van der Waals surface area contributed by atoms with Gasteiger partial charge in [-0.15, -0.1) is 11.3 Å². The molecule has 1 fully saturated rings. The first kappa shape index (κ1) is 23.1. The Balaban J connectivity index is 1.76. The smallest absolute Gasteiger partial charge is 0.365 e. The van der Waals surface area contributed by atoms with Crippen LogP contribution in [0.3, 0.4) is 0 Å². The summed E-state index contributed by atoms with van der Waals surface area (Å²) >= 11 is 0.778. The van der Waals surface area contributed by atoms with Crippen molar-refractivity contribution in [1.29, 1.82) is 0 Å². The second-order valence-corrected chi connectivity index (χ2v) is 8.84. The Morgan fingerprint density at radius 3 is 2.45 bits per heavy atom. The highest BCUT2D eigenvalue weighted by Gasteiger charge is 2.36. The van der Waals surface area contributed by atoms with E-state index < -0.39 is 41.8 Å². The van der Waals surface area contributed by atoms with Crippen molar-refractivity contribution in [1.82, 2.24) is 14.8 Å². The van der Waals surface area contributed by atoms with Crippen LogP contribution in [0.15, 0.2) is 12.1 Å². The molecule has 0 aliphatic heterocycles. The lowest BCUT2D eigenvalue weighted by atomic mass is 10.0. The van der Waals surface area contributed by atoms with Crippen LogP contribution in [0, 0.1) is 6.92 Å². The zero-order chi connectivity index (χ0) is 24.2. The number of halogens is 5. The Bertz CT molecular complexity index is 1260. The lowest BCUT2D eigenvalue weighted by Crippen LogP contribution is -2.26. The van der Waals surface area contributed by atoms with Gasteiger partial charge in [0.25, 0.3) is 12.3 Å². The van der Waals surface area contributed by atoms with Crippen molar-refractivity contribution in [2.75, 3.05) is 5.32 Å². The van der Waals surface area contributed by atoms with Crippen LogP contribution < -0.4 is 11.1 Å². The number of nitrogens with one attached hydrogen (secondary N) is 1. The first-order valence-corrected chi connectivity index (χ1v) is 10.7. The average molecular weight is 487 g/mol. The Kier molecular flexibility index (Phi) is 5.63. The number of amides is 2. The maximum atomic E-state index is 13.3. The van der Waals surface area contributed by atoms with Crippen molar-refractivity contribution >= 4 is 39.1 Å². The van der Waals surface area contributed by atoms with E-state index >= 15 is 0 Å². The molecule has 7 nitrogen and oxygen atoms in total. The topological polar surface area (TPSA) is 103 Å². The van der Waals surface area contributed by atoms with Crippen LogP contribution in [0.1, 0.15) is 70.5 Å². The van der Waals surface area contributed by atoms with E-state index in [4.69, 9.17) is 5.73 Å². The molecule has 0 spiro atoms. The largest absolute Gasteiger partial charge is 0.435 e. The standard InChI is InChI=1S/C20H18F5N5O2S/c1-7-5-12(20(23,24)25)29-30(7)8(2)18(32)28-14-13-10(9-3-4-9)6-11(16(21)22)27-19(13)33-15(14)17(26)31/h5-6,8-9,16H,3-4H2,1-2H3,(H2,26,31)(H,28,32). The minimum atomic E-state index is -4.68. The molecule has 0 radical (unpaired) electrons.